The molecule has 55 heavy (non-hydrogen) atoms. The van der Waals surface area contributed by atoms with Crippen molar-refractivity contribution in [1.82, 2.24) is 15.0 Å². The van der Waals surface area contributed by atoms with Crippen LogP contribution < -0.4 is 0 Å². The van der Waals surface area contributed by atoms with Gasteiger partial charge in [-0.3, -0.25) is 4.98 Å². The van der Waals surface area contributed by atoms with E-state index in [-0.39, 0.29) is 5.41 Å². The predicted octanol–water partition coefficient (Wildman–Crippen LogP) is 12.7. The molecule has 0 aliphatic heterocycles. The lowest BCUT2D eigenvalue weighted by Crippen LogP contribution is -2.15. The van der Waals surface area contributed by atoms with Crippen LogP contribution in [0.3, 0.4) is 0 Å². The number of nitrogens with zero attached hydrogens (tertiary/aromatic N) is 4. The first-order chi connectivity index (χ1) is 26.9. The Morgan fingerprint density at radius 2 is 1.09 bits per heavy atom. The Morgan fingerprint density at radius 3 is 1.84 bits per heavy atom. The molecule has 1 aliphatic rings. The third kappa shape index (κ3) is 5.66. The molecule has 0 bridgehead atoms. The van der Waals surface area contributed by atoms with Crippen LogP contribution >= 0.6 is 0 Å². The van der Waals surface area contributed by atoms with Crippen LogP contribution in [0.25, 0.3) is 88.8 Å². The standard InChI is InChI=1S/C51H34N4/c1-51(2)46-27-36(17-18-44(46)45-26-41-21-35-16-15-32(30-52)20-38(35)22-42(41)28-47(45)51)39-23-40(37-14-9-19-53-31-37)25-43(24-39)49-29-48(33-10-5-3-6-11-33)54-50(55-49)34-12-7-4-8-13-34/h3-29,31H,1-2H3. The highest BCUT2D eigenvalue weighted by atomic mass is 14.9. The average Bonchev–Trinajstić information content (AvgIpc) is 3.46. The van der Waals surface area contributed by atoms with E-state index in [0.29, 0.717) is 11.4 Å². The fourth-order valence-corrected chi connectivity index (χ4v) is 8.19. The quantitative estimate of drug-likeness (QED) is 0.168. The summed E-state index contributed by atoms with van der Waals surface area (Å²) in [4.78, 5) is 14.7. The topological polar surface area (TPSA) is 62.5 Å². The molecule has 7 aromatic carbocycles. The number of aromatic nitrogens is 3. The Kier molecular flexibility index (Phi) is 7.50. The number of pyridine rings is 1. The molecule has 4 heteroatoms. The van der Waals surface area contributed by atoms with Crippen LogP contribution in [0.1, 0.15) is 30.5 Å². The maximum atomic E-state index is 9.51. The summed E-state index contributed by atoms with van der Waals surface area (Å²) in [7, 11) is 0. The Morgan fingerprint density at radius 1 is 0.455 bits per heavy atom. The number of benzene rings is 7. The van der Waals surface area contributed by atoms with Gasteiger partial charge in [0.2, 0.25) is 0 Å². The molecule has 2 aromatic heterocycles. The van der Waals surface area contributed by atoms with Crippen LogP contribution in [0.5, 0.6) is 0 Å². The van der Waals surface area contributed by atoms with Gasteiger partial charge in [0.25, 0.3) is 0 Å². The molecular formula is C51H34N4. The number of nitriles is 1. The van der Waals surface area contributed by atoms with Crippen LogP contribution in [0.4, 0.5) is 0 Å². The average molecular weight is 703 g/mol. The van der Waals surface area contributed by atoms with Gasteiger partial charge in [-0.15, -0.1) is 0 Å². The van der Waals surface area contributed by atoms with Crippen LogP contribution in [-0.4, -0.2) is 15.0 Å². The van der Waals surface area contributed by atoms with Crippen molar-refractivity contribution in [3.05, 3.63) is 187 Å². The second-order valence-corrected chi connectivity index (χ2v) is 14.9. The van der Waals surface area contributed by atoms with E-state index in [0.717, 1.165) is 61.1 Å². The zero-order chi connectivity index (χ0) is 37.1. The van der Waals surface area contributed by atoms with Crippen molar-refractivity contribution in [1.29, 1.82) is 5.26 Å². The molecule has 0 unspecified atom stereocenters. The third-order valence-electron chi connectivity index (χ3n) is 11.1. The smallest absolute Gasteiger partial charge is 0.160 e. The number of hydrogen-bond donors (Lipinski definition) is 0. The maximum absolute atomic E-state index is 9.51. The summed E-state index contributed by atoms with van der Waals surface area (Å²) in [6, 6.07) is 57.8. The van der Waals surface area contributed by atoms with Gasteiger partial charge in [0, 0.05) is 40.1 Å². The van der Waals surface area contributed by atoms with Crippen LogP contribution in [0.2, 0.25) is 0 Å². The maximum Gasteiger partial charge on any atom is 0.160 e. The summed E-state index contributed by atoms with van der Waals surface area (Å²) >= 11 is 0. The monoisotopic (exact) mass is 702 g/mol. The molecule has 0 saturated heterocycles. The van der Waals surface area contributed by atoms with Gasteiger partial charge in [0.1, 0.15) is 0 Å². The summed E-state index contributed by atoms with van der Waals surface area (Å²) in [6.07, 6.45) is 3.73. The van der Waals surface area contributed by atoms with E-state index < -0.39 is 0 Å². The molecular weight excluding hydrogens is 669 g/mol. The molecule has 258 valence electrons. The number of hydrogen-bond acceptors (Lipinski definition) is 4. The van der Waals surface area contributed by atoms with E-state index >= 15 is 0 Å². The van der Waals surface area contributed by atoms with Crippen LogP contribution in [0, 0.1) is 11.3 Å². The summed E-state index contributed by atoms with van der Waals surface area (Å²) < 4.78 is 0. The summed E-state index contributed by atoms with van der Waals surface area (Å²) in [6.45, 7) is 4.66. The van der Waals surface area contributed by atoms with Gasteiger partial charge in [-0.1, -0.05) is 98.8 Å². The second kappa shape index (κ2) is 12.7. The summed E-state index contributed by atoms with van der Waals surface area (Å²) in [5.74, 6) is 0.688. The van der Waals surface area contributed by atoms with Crippen molar-refractivity contribution >= 4 is 21.5 Å². The van der Waals surface area contributed by atoms with Gasteiger partial charge in [-0.25, -0.2) is 9.97 Å². The van der Waals surface area contributed by atoms with Crippen molar-refractivity contribution in [2.24, 2.45) is 0 Å². The van der Waals surface area contributed by atoms with Gasteiger partial charge >= 0.3 is 0 Å². The van der Waals surface area contributed by atoms with E-state index in [1.165, 1.54) is 33.0 Å². The summed E-state index contributed by atoms with van der Waals surface area (Å²) in [5, 5.41) is 14.1. The van der Waals surface area contributed by atoms with Gasteiger partial charge in [-0.2, -0.15) is 5.26 Å². The zero-order valence-corrected chi connectivity index (χ0v) is 30.5. The van der Waals surface area contributed by atoms with E-state index in [1.807, 2.05) is 73.1 Å². The minimum absolute atomic E-state index is 0.218. The van der Waals surface area contributed by atoms with E-state index in [9.17, 15) is 5.26 Å². The fourth-order valence-electron chi connectivity index (χ4n) is 8.19. The van der Waals surface area contributed by atoms with Crippen LogP contribution in [-0.2, 0) is 5.41 Å². The molecule has 10 rings (SSSR count). The SMILES string of the molecule is CC1(C)c2cc(-c3cc(-c4cccnc4)cc(-c4cc(-c5ccccc5)nc(-c5ccccc5)n4)c3)ccc2-c2cc3cc4ccc(C#N)cc4cc3cc21. The molecule has 2 heterocycles. The van der Waals surface area contributed by atoms with E-state index in [1.54, 1.807) is 0 Å². The summed E-state index contributed by atoms with van der Waals surface area (Å²) in [5.41, 5.74) is 14.7. The lowest BCUT2D eigenvalue weighted by Gasteiger charge is -2.22. The molecule has 0 atom stereocenters. The Bertz CT molecular complexity index is 2940. The molecule has 0 N–H and O–H groups in total. The molecule has 0 saturated carbocycles. The number of rotatable bonds is 5. The Hall–Kier alpha value is -7.22. The van der Waals surface area contributed by atoms with Crippen molar-refractivity contribution in [2.75, 3.05) is 0 Å². The fraction of sp³-hybridized carbons (Fsp3) is 0.0588. The molecule has 0 radical (unpaired) electrons. The van der Waals surface area contributed by atoms with Crippen LogP contribution in [0.15, 0.2) is 170 Å². The largest absolute Gasteiger partial charge is 0.264 e. The first-order valence-electron chi connectivity index (χ1n) is 18.5. The third-order valence-corrected chi connectivity index (χ3v) is 11.1. The predicted molar refractivity (Wildman–Crippen MR) is 224 cm³/mol. The van der Waals surface area contributed by atoms with Crippen molar-refractivity contribution in [3.8, 4) is 73.4 Å². The van der Waals surface area contributed by atoms with Gasteiger partial charge in [-0.05, 0) is 133 Å². The highest BCUT2D eigenvalue weighted by molar-refractivity contribution is 6.02. The first kappa shape index (κ1) is 32.4. The lowest BCUT2D eigenvalue weighted by molar-refractivity contribution is 0.661. The molecule has 1 aliphatic carbocycles. The second-order valence-electron chi connectivity index (χ2n) is 14.9. The van der Waals surface area contributed by atoms with E-state index in [2.05, 4.69) is 122 Å². The molecule has 0 amide bonds. The van der Waals surface area contributed by atoms with Crippen molar-refractivity contribution in [3.63, 3.8) is 0 Å². The minimum Gasteiger partial charge on any atom is -0.264 e. The molecule has 4 nitrogen and oxygen atoms in total. The molecule has 9 aromatic rings. The number of fused-ring (bicyclic) bond motifs is 5. The van der Waals surface area contributed by atoms with Crippen molar-refractivity contribution < 1.29 is 0 Å². The molecule has 0 spiro atoms. The highest BCUT2D eigenvalue weighted by Crippen LogP contribution is 2.51. The zero-order valence-electron chi connectivity index (χ0n) is 30.5. The lowest BCUT2D eigenvalue weighted by atomic mass is 9.81. The van der Waals surface area contributed by atoms with Gasteiger partial charge in [0.05, 0.1) is 23.0 Å². The van der Waals surface area contributed by atoms with Crippen molar-refractivity contribution in [2.45, 2.75) is 19.3 Å². The first-order valence-corrected chi connectivity index (χ1v) is 18.5. The van der Waals surface area contributed by atoms with Gasteiger partial charge in [0.15, 0.2) is 5.82 Å². The van der Waals surface area contributed by atoms with Gasteiger partial charge < -0.3 is 0 Å². The Labute approximate surface area is 320 Å². The van der Waals surface area contributed by atoms with E-state index in [4.69, 9.17) is 9.97 Å². The Balaban J connectivity index is 1.13. The normalized spacial score (nSPS) is 12.7. The minimum atomic E-state index is -0.218. The molecule has 0 fully saturated rings. The highest BCUT2D eigenvalue weighted by Gasteiger charge is 2.36.